The van der Waals surface area contributed by atoms with E-state index in [1.54, 1.807) is 0 Å². The molecule has 0 amide bonds. The predicted molar refractivity (Wildman–Crippen MR) is 280 cm³/mol. The van der Waals surface area contributed by atoms with Crippen LogP contribution in [0, 0.1) is 11.8 Å². The van der Waals surface area contributed by atoms with Crippen molar-refractivity contribution in [3.8, 4) is 0 Å². The Hall–Kier alpha value is -1.59. The maximum absolute atomic E-state index is 12.8. The van der Waals surface area contributed by atoms with Gasteiger partial charge >= 0.3 is 17.9 Å². The number of hydrogen-bond acceptors (Lipinski definition) is 6. The van der Waals surface area contributed by atoms with E-state index in [4.69, 9.17) is 14.2 Å². The molecule has 0 aromatic rings. The standard InChI is InChI=1S/C59H114O6/c1-6-8-9-10-11-12-13-14-15-21-24-27-30-33-39-44-49-57(60)63-52-56(65-59(62)51-46-41-36-35-37-42-47-54(3)4)53-64-58(61)50-45-40-34-31-28-25-22-19-17-16-18-20-23-26-29-32-38-43-48-55(5)7-2/h54-56H,6-53H2,1-5H3/t55?,56-/m0/s1. The van der Waals surface area contributed by atoms with Crippen molar-refractivity contribution in [2.75, 3.05) is 13.2 Å². The van der Waals surface area contributed by atoms with E-state index in [1.807, 2.05) is 0 Å². The normalized spacial score (nSPS) is 12.5. The summed E-state index contributed by atoms with van der Waals surface area (Å²) in [4.78, 5) is 38.0. The molecule has 0 bridgehead atoms. The number of hydrogen-bond donors (Lipinski definition) is 0. The molecule has 0 aliphatic heterocycles. The number of unbranched alkanes of at least 4 members (excludes halogenated alkanes) is 37. The van der Waals surface area contributed by atoms with Crippen molar-refractivity contribution in [1.29, 1.82) is 0 Å². The number of carbonyl (C=O) groups is 3. The molecule has 0 saturated carbocycles. The third-order valence-corrected chi connectivity index (χ3v) is 13.8. The van der Waals surface area contributed by atoms with Gasteiger partial charge in [0.1, 0.15) is 13.2 Å². The van der Waals surface area contributed by atoms with Crippen LogP contribution in [0.15, 0.2) is 0 Å². The molecule has 6 heteroatoms. The Morgan fingerprint density at radius 2 is 0.585 bits per heavy atom. The zero-order valence-corrected chi connectivity index (χ0v) is 44.6. The summed E-state index contributed by atoms with van der Waals surface area (Å²) in [7, 11) is 0. The Morgan fingerprint density at radius 1 is 0.323 bits per heavy atom. The molecule has 0 aliphatic carbocycles. The summed E-state index contributed by atoms with van der Waals surface area (Å²) in [5, 5.41) is 0. The van der Waals surface area contributed by atoms with E-state index in [0.29, 0.717) is 19.3 Å². The highest BCUT2D eigenvalue weighted by Gasteiger charge is 2.19. The van der Waals surface area contributed by atoms with Gasteiger partial charge in [-0.1, -0.05) is 291 Å². The molecule has 0 N–H and O–H groups in total. The zero-order valence-electron chi connectivity index (χ0n) is 44.6. The molecule has 0 fully saturated rings. The molecule has 0 radical (unpaired) electrons. The molecular weight excluding hydrogens is 805 g/mol. The van der Waals surface area contributed by atoms with E-state index >= 15 is 0 Å². The fourth-order valence-electron chi connectivity index (χ4n) is 9.02. The average Bonchev–Trinajstić information content (AvgIpc) is 3.29. The quantitative estimate of drug-likeness (QED) is 0.0344. The SMILES string of the molecule is CCCCCCCCCCCCCCCCCCC(=O)OC[C@@H](COC(=O)CCCCCCCCCCCCCCCCCCCCC(C)CC)OC(=O)CCCCCCCCC(C)C. The van der Waals surface area contributed by atoms with Crippen LogP contribution >= 0.6 is 0 Å². The van der Waals surface area contributed by atoms with E-state index in [-0.39, 0.29) is 31.1 Å². The maximum atomic E-state index is 12.8. The molecule has 6 nitrogen and oxygen atoms in total. The lowest BCUT2D eigenvalue weighted by molar-refractivity contribution is -0.167. The van der Waals surface area contributed by atoms with Crippen LogP contribution in [0.4, 0.5) is 0 Å². The Morgan fingerprint density at radius 3 is 0.877 bits per heavy atom. The van der Waals surface area contributed by atoms with Crippen LogP contribution in [0.5, 0.6) is 0 Å². The first-order valence-electron chi connectivity index (χ1n) is 29.3. The van der Waals surface area contributed by atoms with Gasteiger partial charge in [0.2, 0.25) is 0 Å². The van der Waals surface area contributed by atoms with Gasteiger partial charge in [-0.15, -0.1) is 0 Å². The van der Waals surface area contributed by atoms with Gasteiger partial charge in [0.15, 0.2) is 6.10 Å². The second-order valence-corrected chi connectivity index (χ2v) is 21.0. The zero-order chi connectivity index (χ0) is 47.5. The maximum Gasteiger partial charge on any atom is 0.306 e. The van der Waals surface area contributed by atoms with Crippen molar-refractivity contribution >= 4 is 17.9 Å². The number of esters is 3. The first-order chi connectivity index (χ1) is 31.8. The topological polar surface area (TPSA) is 78.9 Å². The van der Waals surface area contributed by atoms with Crippen LogP contribution in [-0.2, 0) is 28.6 Å². The van der Waals surface area contributed by atoms with E-state index in [1.165, 1.54) is 218 Å². The highest BCUT2D eigenvalue weighted by atomic mass is 16.6. The number of ether oxygens (including phenoxy) is 3. The Bertz CT molecular complexity index is 995. The summed E-state index contributed by atoms with van der Waals surface area (Å²) in [6.07, 6.45) is 55.4. The third kappa shape index (κ3) is 51.6. The minimum atomic E-state index is -0.763. The van der Waals surface area contributed by atoms with Crippen molar-refractivity contribution in [3.05, 3.63) is 0 Å². The number of carbonyl (C=O) groups excluding carboxylic acids is 3. The fraction of sp³-hybridized carbons (Fsp3) is 0.949. The van der Waals surface area contributed by atoms with Crippen LogP contribution in [0.1, 0.15) is 330 Å². The lowest BCUT2D eigenvalue weighted by Gasteiger charge is -2.18. The summed E-state index contributed by atoms with van der Waals surface area (Å²) in [5.41, 5.74) is 0. The molecular formula is C59H114O6. The van der Waals surface area contributed by atoms with Gasteiger partial charge in [0.25, 0.3) is 0 Å². The molecule has 0 aromatic carbocycles. The van der Waals surface area contributed by atoms with E-state index < -0.39 is 6.10 Å². The molecule has 0 aromatic heterocycles. The van der Waals surface area contributed by atoms with Crippen molar-refractivity contribution in [2.24, 2.45) is 11.8 Å². The average molecular weight is 920 g/mol. The highest BCUT2D eigenvalue weighted by molar-refractivity contribution is 5.71. The fourth-order valence-corrected chi connectivity index (χ4v) is 9.02. The lowest BCUT2D eigenvalue weighted by atomic mass is 9.99. The Balaban J connectivity index is 4.15. The first-order valence-corrected chi connectivity index (χ1v) is 29.3. The summed E-state index contributed by atoms with van der Waals surface area (Å²) in [6.45, 7) is 11.4. The molecule has 1 unspecified atom stereocenters. The summed E-state index contributed by atoms with van der Waals surface area (Å²) < 4.78 is 16.8. The van der Waals surface area contributed by atoms with E-state index in [2.05, 4.69) is 34.6 Å². The van der Waals surface area contributed by atoms with Gasteiger partial charge in [-0.3, -0.25) is 14.4 Å². The molecule has 0 rings (SSSR count). The molecule has 0 saturated heterocycles. The van der Waals surface area contributed by atoms with Crippen LogP contribution < -0.4 is 0 Å². The molecule has 65 heavy (non-hydrogen) atoms. The van der Waals surface area contributed by atoms with Crippen molar-refractivity contribution < 1.29 is 28.6 Å². The smallest absolute Gasteiger partial charge is 0.306 e. The van der Waals surface area contributed by atoms with Crippen molar-refractivity contribution in [2.45, 2.75) is 336 Å². The molecule has 0 spiro atoms. The Labute approximate surface area is 406 Å². The van der Waals surface area contributed by atoms with Crippen LogP contribution in [0.25, 0.3) is 0 Å². The third-order valence-electron chi connectivity index (χ3n) is 13.8. The largest absolute Gasteiger partial charge is 0.462 e. The Kier molecular flexibility index (Phi) is 50.5. The number of rotatable bonds is 53. The summed E-state index contributed by atoms with van der Waals surface area (Å²) in [6, 6.07) is 0. The molecule has 0 heterocycles. The summed E-state index contributed by atoms with van der Waals surface area (Å²) >= 11 is 0. The predicted octanol–water partition coefficient (Wildman–Crippen LogP) is 19.3. The minimum Gasteiger partial charge on any atom is -0.462 e. The van der Waals surface area contributed by atoms with Gasteiger partial charge in [-0.05, 0) is 31.1 Å². The molecule has 2 atom stereocenters. The highest BCUT2D eigenvalue weighted by Crippen LogP contribution is 2.19. The van der Waals surface area contributed by atoms with E-state index in [0.717, 1.165) is 69.6 Å². The lowest BCUT2D eigenvalue weighted by Crippen LogP contribution is -2.30. The van der Waals surface area contributed by atoms with Crippen LogP contribution in [0.3, 0.4) is 0 Å². The molecule has 0 aliphatic rings. The van der Waals surface area contributed by atoms with Gasteiger partial charge < -0.3 is 14.2 Å². The second kappa shape index (κ2) is 51.8. The van der Waals surface area contributed by atoms with Crippen LogP contribution in [-0.4, -0.2) is 37.2 Å². The first kappa shape index (κ1) is 63.4. The second-order valence-electron chi connectivity index (χ2n) is 21.0. The molecule has 386 valence electrons. The van der Waals surface area contributed by atoms with Crippen LogP contribution in [0.2, 0.25) is 0 Å². The van der Waals surface area contributed by atoms with Crippen molar-refractivity contribution in [3.63, 3.8) is 0 Å². The monoisotopic (exact) mass is 919 g/mol. The van der Waals surface area contributed by atoms with Gasteiger partial charge in [0, 0.05) is 19.3 Å². The van der Waals surface area contributed by atoms with Gasteiger partial charge in [0.05, 0.1) is 0 Å². The van der Waals surface area contributed by atoms with Crippen molar-refractivity contribution in [1.82, 2.24) is 0 Å². The minimum absolute atomic E-state index is 0.0640. The van der Waals surface area contributed by atoms with Gasteiger partial charge in [-0.25, -0.2) is 0 Å². The van der Waals surface area contributed by atoms with Gasteiger partial charge in [-0.2, -0.15) is 0 Å². The summed E-state index contributed by atoms with van der Waals surface area (Å²) in [5.74, 6) is 0.823. The van der Waals surface area contributed by atoms with E-state index in [9.17, 15) is 14.4 Å².